The maximum atomic E-state index is 13.2. The lowest BCUT2D eigenvalue weighted by Crippen LogP contribution is -2.29. The van der Waals surface area contributed by atoms with Crippen molar-refractivity contribution in [2.75, 3.05) is 11.9 Å². The Kier molecular flexibility index (Phi) is 7.17. The van der Waals surface area contributed by atoms with Crippen LogP contribution in [0.4, 0.5) is 36.8 Å². The van der Waals surface area contributed by atoms with Crippen molar-refractivity contribution in [2.45, 2.75) is 32.7 Å². The zero-order valence-electron chi connectivity index (χ0n) is 18.5. The van der Waals surface area contributed by atoms with E-state index in [1.807, 2.05) is 0 Å². The average Bonchev–Trinajstić information content (AvgIpc) is 3.15. The maximum Gasteiger partial charge on any atom is 0.435 e. The molecule has 15 heteroatoms. The summed E-state index contributed by atoms with van der Waals surface area (Å²) < 4.78 is 85.3. The number of ether oxygens (including phenoxy) is 1. The van der Waals surface area contributed by atoms with Gasteiger partial charge in [-0.3, -0.25) is 4.68 Å². The minimum atomic E-state index is -4.75. The van der Waals surface area contributed by atoms with E-state index in [1.54, 1.807) is 0 Å². The molecule has 9 nitrogen and oxygen atoms in total. The molecule has 0 saturated heterocycles. The zero-order valence-corrected chi connectivity index (χ0v) is 18.5. The lowest BCUT2D eigenvalue weighted by Gasteiger charge is -2.14. The fraction of sp³-hybridized carbons (Fsp3) is 0.350. The Hall–Kier alpha value is -3.91. The monoisotopic (exact) mass is 503 g/mol. The summed E-state index contributed by atoms with van der Waals surface area (Å²) >= 11 is 0. The lowest BCUT2D eigenvalue weighted by molar-refractivity contribution is -0.141. The van der Waals surface area contributed by atoms with Crippen LogP contribution in [0.25, 0.3) is 11.3 Å². The fourth-order valence-electron chi connectivity index (χ4n) is 3.09. The van der Waals surface area contributed by atoms with Crippen LogP contribution in [0.2, 0.25) is 0 Å². The van der Waals surface area contributed by atoms with Gasteiger partial charge in [-0.1, -0.05) is 0 Å². The van der Waals surface area contributed by atoms with Crippen molar-refractivity contribution in [3.63, 3.8) is 0 Å². The lowest BCUT2D eigenvalue weighted by atomic mass is 10.1. The van der Waals surface area contributed by atoms with Crippen molar-refractivity contribution >= 4 is 11.7 Å². The molecule has 2 amide bonds. The SMILES string of the molecule is CCOc1ncc(NC(=O)NCc2cc(C)c(-c3cn(C)nc3C(F)(F)F)nn2)cc1C(F)(F)F. The Morgan fingerprint density at radius 3 is 2.43 bits per heavy atom. The number of carbonyl (C=O) groups is 1. The highest BCUT2D eigenvalue weighted by Gasteiger charge is 2.38. The average molecular weight is 503 g/mol. The van der Waals surface area contributed by atoms with E-state index in [0.717, 1.165) is 10.9 Å². The number of alkyl halides is 6. The number of urea groups is 1. The van der Waals surface area contributed by atoms with E-state index in [2.05, 4.69) is 30.9 Å². The normalized spacial score (nSPS) is 11.9. The van der Waals surface area contributed by atoms with Crippen LogP contribution >= 0.6 is 0 Å². The predicted octanol–water partition coefficient (Wildman–Crippen LogP) is 4.34. The molecule has 0 spiro atoms. The number of rotatable bonds is 6. The Labute approximate surface area is 194 Å². The van der Waals surface area contributed by atoms with Gasteiger partial charge in [-0.15, -0.1) is 5.10 Å². The van der Waals surface area contributed by atoms with Gasteiger partial charge in [0.1, 0.15) is 5.56 Å². The van der Waals surface area contributed by atoms with E-state index in [-0.39, 0.29) is 35.8 Å². The Morgan fingerprint density at radius 1 is 1.11 bits per heavy atom. The number of aryl methyl sites for hydroxylation is 2. The van der Waals surface area contributed by atoms with Gasteiger partial charge in [0.05, 0.1) is 42.0 Å². The third-order valence-electron chi connectivity index (χ3n) is 4.51. The summed E-state index contributed by atoms with van der Waals surface area (Å²) in [5.74, 6) is -0.612. The molecule has 188 valence electrons. The fourth-order valence-corrected chi connectivity index (χ4v) is 3.09. The second-order valence-corrected chi connectivity index (χ2v) is 7.25. The van der Waals surface area contributed by atoms with Gasteiger partial charge in [-0.25, -0.2) is 9.78 Å². The summed E-state index contributed by atoms with van der Waals surface area (Å²) in [5, 5.41) is 15.7. The molecule has 0 fully saturated rings. The van der Waals surface area contributed by atoms with E-state index in [4.69, 9.17) is 4.74 Å². The van der Waals surface area contributed by atoms with Crippen molar-refractivity contribution in [3.05, 3.63) is 47.0 Å². The molecule has 3 heterocycles. The molecular weight excluding hydrogens is 484 g/mol. The second-order valence-electron chi connectivity index (χ2n) is 7.25. The standard InChI is InChI=1S/C20H19F6N7O2/c1-4-35-17-14(19(21,22)23)6-11(7-27-17)29-18(34)28-8-12-5-10(2)15(31-30-12)13-9-33(3)32-16(13)20(24,25)26/h5-7,9H,4,8H2,1-3H3,(H2,28,29,34). The van der Waals surface area contributed by atoms with Crippen LogP contribution in [0.15, 0.2) is 24.5 Å². The van der Waals surface area contributed by atoms with E-state index in [9.17, 15) is 31.1 Å². The Morgan fingerprint density at radius 2 is 1.83 bits per heavy atom. The Bertz CT molecular complexity index is 1220. The third kappa shape index (κ3) is 6.16. The van der Waals surface area contributed by atoms with Gasteiger partial charge in [0, 0.05) is 13.2 Å². The molecule has 3 aromatic heterocycles. The highest BCUT2D eigenvalue weighted by molar-refractivity contribution is 5.89. The van der Waals surface area contributed by atoms with Crippen molar-refractivity contribution in [2.24, 2.45) is 7.05 Å². The molecule has 3 aromatic rings. The number of aromatic nitrogens is 5. The molecule has 3 rings (SSSR count). The van der Waals surface area contributed by atoms with Crippen molar-refractivity contribution in [1.29, 1.82) is 0 Å². The largest absolute Gasteiger partial charge is 0.478 e. The highest BCUT2D eigenvalue weighted by atomic mass is 19.4. The first kappa shape index (κ1) is 25.7. The van der Waals surface area contributed by atoms with E-state index >= 15 is 0 Å². The number of pyridine rings is 1. The summed E-state index contributed by atoms with van der Waals surface area (Å²) in [4.78, 5) is 15.7. The van der Waals surface area contributed by atoms with Gasteiger partial charge < -0.3 is 15.4 Å². The molecular formula is C20H19F6N7O2. The van der Waals surface area contributed by atoms with E-state index in [1.165, 1.54) is 33.2 Å². The summed E-state index contributed by atoms with van der Waals surface area (Å²) in [5.41, 5.74) is -2.20. The number of nitrogens with zero attached hydrogens (tertiary/aromatic N) is 5. The van der Waals surface area contributed by atoms with Gasteiger partial charge in [0.25, 0.3) is 0 Å². The molecule has 0 aliphatic heterocycles. The third-order valence-corrected chi connectivity index (χ3v) is 4.51. The van der Waals surface area contributed by atoms with Crippen molar-refractivity contribution in [3.8, 4) is 17.1 Å². The topological polar surface area (TPSA) is 107 Å². The summed E-state index contributed by atoms with van der Waals surface area (Å²) in [6.07, 6.45) is -7.26. The molecule has 0 aromatic carbocycles. The molecule has 0 aliphatic carbocycles. The first-order valence-electron chi connectivity index (χ1n) is 9.99. The molecule has 0 aliphatic rings. The molecule has 0 atom stereocenters. The van der Waals surface area contributed by atoms with Gasteiger partial charge in [-0.05, 0) is 31.5 Å². The second kappa shape index (κ2) is 9.76. The number of nitrogens with one attached hydrogen (secondary N) is 2. The molecule has 0 radical (unpaired) electrons. The highest BCUT2D eigenvalue weighted by Crippen LogP contribution is 2.37. The van der Waals surface area contributed by atoms with Crippen molar-refractivity contribution < 1.29 is 35.9 Å². The van der Waals surface area contributed by atoms with E-state index in [0.29, 0.717) is 11.6 Å². The van der Waals surface area contributed by atoms with Gasteiger partial charge in [-0.2, -0.15) is 36.5 Å². The minimum Gasteiger partial charge on any atom is -0.478 e. The smallest absolute Gasteiger partial charge is 0.435 e. The summed E-state index contributed by atoms with van der Waals surface area (Å²) in [6, 6.07) is 1.25. The first-order chi connectivity index (χ1) is 16.3. The predicted molar refractivity (Wildman–Crippen MR) is 110 cm³/mol. The van der Waals surface area contributed by atoms with Gasteiger partial charge >= 0.3 is 18.4 Å². The minimum absolute atomic E-state index is 0.0269. The molecule has 0 saturated carbocycles. The van der Waals surface area contributed by atoms with Crippen LogP contribution < -0.4 is 15.4 Å². The molecule has 0 unspecified atom stereocenters. The number of carbonyl (C=O) groups excluding carboxylic acids is 1. The number of amides is 2. The van der Waals surface area contributed by atoms with Gasteiger partial charge in [0.15, 0.2) is 5.69 Å². The van der Waals surface area contributed by atoms with Crippen LogP contribution in [0.1, 0.15) is 29.4 Å². The number of hydrogen-bond donors (Lipinski definition) is 2. The number of halogens is 6. The number of hydrogen-bond acceptors (Lipinski definition) is 6. The van der Waals surface area contributed by atoms with E-state index < -0.39 is 35.5 Å². The maximum absolute atomic E-state index is 13.2. The molecule has 35 heavy (non-hydrogen) atoms. The van der Waals surface area contributed by atoms with Crippen LogP contribution in [-0.4, -0.2) is 37.6 Å². The first-order valence-corrected chi connectivity index (χ1v) is 9.99. The van der Waals surface area contributed by atoms with Crippen molar-refractivity contribution in [1.82, 2.24) is 30.3 Å². The molecule has 0 bridgehead atoms. The number of anilines is 1. The van der Waals surface area contributed by atoms with Crippen LogP contribution in [-0.2, 0) is 25.9 Å². The molecule has 2 N–H and O–H groups in total. The van der Waals surface area contributed by atoms with Gasteiger partial charge in [0.2, 0.25) is 5.88 Å². The summed E-state index contributed by atoms with van der Waals surface area (Å²) in [7, 11) is 1.34. The van der Waals surface area contributed by atoms with Crippen LogP contribution in [0.5, 0.6) is 5.88 Å². The van der Waals surface area contributed by atoms with Crippen LogP contribution in [0.3, 0.4) is 0 Å². The quantitative estimate of drug-likeness (QED) is 0.485. The zero-order chi connectivity index (χ0) is 26.0. The van der Waals surface area contributed by atoms with Crippen LogP contribution in [0, 0.1) is 6.92 Å². The summed E-state index contributed by atoms with van der Waals surface area (Å²) in [6.45, 7) is 2.80. The Balaban J connectivity index is 1.70.